The smallest absolute Gasteiger partial charge is 0.254 e. The van der Waals surface area contributed by atoms with E-state index in [2.05, 4.69) is 4.98 Å². The van der Waals surface area contributed by atoms with Gasteiger partial charge in [0.05, 0.1) is 13.3 Å². The van der Waals surface area contributed by atoms with Crippen LogP contribution in [-0.2, 0) is 4.79 Å². The summed E-state index contributed by atoms with van der Waals surface area (Å²) in [5.74, 6) is 0.0283. The number of likely N-dealkylation sites (tertiary alicyclic amines) is 1. The predicted molar refractivity (Wildman–Crippen MR) is 89.5 cm³/mol. The molecule has 1 atom stereocenters. The third-order valence-electron chi connectivity index (χ3n) is 4.23. The number of aromatic nitrogens is 1. The van der Waals surface area contributed by atoms with E-state index in [1.807, 2.05) is 18.2 Å². The molecular formula is C18H19N3O3. The summed E-state index contributed by atoms with van der Waals surface area (Å²) in [6, 6.07) is 8.61. The Balaban J connectivity index is 1.90. The van der Waals surface area contributed by atoms with Crippen LogP contribution in [0.25, 0.3) is 11.1 Å². The number of benzene rings is 1. The van der Waals surface area contributed by atoms with Gasteiger partial charge in [-0.1, -0.05) is 12.1 Å². The summed E-state index contributed by atoms with van der Waals surface area (Å²) in [5.41, 5.74) is 7.65. The molecule has 2 aromatic rings. The number of hydrogen-bond acceptors (Lipinski definition) is 4. The maximum atomic E-state index is 12.7. The van der Waals surface area contributed by atoms with Gasteiger partial charge in [-0.25, -0.2) is 0 Å². The molecule has 24 heavy (non-hydrogen) atoms. The topological polar surface area (TPSA) is 85.5 Å². The zero-order chi connectivity index (χ0) is 17.1. The second-order valence-electron chi connectivity index (χ2n) is 5.75. The van der Waals surface area contributed by atoms with Gasteiger partial charge in [0.15, 0.2) is 0 Å². The quantitative estimate of drug-likeness (QED) is 0.929. The molecule has 0 unspecified atom stereocenters. The molecule has 2 N–H and O–H groups in total. The van der Waals surface area contributed by atoms with Gasteiger partial charge in [-0.3, -0.25) is 14.6 Å². The summed E-state index contributed by atoms with van der Waals surface area (Å²) >= 11 is 0. The summed E-state index contributed by atoms with van der Waals surface area (Å²) in [7, 11) is 1.58. The van der Waals surface area contributed by atoms with Crippen molar-refractivity contribution in [1.29, 1.82) is 0 Å². The van der Waals surface area contributed by atoms with Crippen molar-refractivity contribution in [2.75, 3.05) is 13.7 Å². The van der Waals surface area contributed by atoms with Crippen LogP contribution >= 0.6 is 0 Å². The SMILES string of the molecule is COc1cncc(-c2cccc(C(=O)N3CCC[C@H]3C(N)=O)c2)c1. The van der Waals surface area contributed by atoms with Crippen molar-refractivity contribution in [2.45, 2.75) is 18.9 Å². The first-order chi connectivity index (χ1) is 11.6. The zero-order valence-corrected chi connectivity index (χ0v) is 13.4. The van der Waals surface area contributed by atoms with Gasteiger partial charge in [0.1, 0.15) is 11.8 Å². The van der Waals surface area contributed by atoms with Gasteiger partial charge >= 0.3 is 0 Å². The second-order valence-corrected chi connectivity index (χ2v) is 5.75. The van der Waals surface area contributed by atoms with Crippen LogP contribution in [0.3, 0.4) is 0 Å². The first kappa shape index (κ1) is 16.0. The average Bonchev–Trinajstić information content (AvgIpc) is 3.11. The lowest BCUT2D eigenvalue weighted by atomic mass is 10.0. The maximum Gasteiger partial charge on any atom is 0.254 e. The number of methoxy groups -OCH3 is 1. The average molecular weight is 325 g/mol. The number of nitrogens with two attached hydrogens (primary N) is 1. The van der Waals surface area contributed by atoms with Crippen molar-refractivity contribution in [3.05, 3.63) is 48.3 Å². The molecule has 0 saturated carbocycles. The number of primary amides is 1. The van der Waals surface area contributed by atoms with E-state index in [1.165, 1.54) is 0 Å². The number of amides is 2. The lowest BCUT2D eigenvalue weighted by molar-refractivity contribution is -0.121. The Morgan fingerprint density at radius 1 is 1.25 bits per heavy atom. The van der Waals surface area contributed by atoms with Gasteiger partial charge in [0.2, 0.25) is 5.91 Å². The summed E-state index contributed by atoms with van der Waals surface area (Å²) in [6.07, 6.45) is 4.76. The van der Waals surface area contributed by atoms with Crippen molar-refractivity contribution in [2.24, 2.45) is 5.73 Å². The van der Waals surface area contributed by atoms with Crippen LogP contribution in [0.4, 0.5) is 0 Å². The first-order valence-corrected chi connectivity index (χ1v) is 7.80. The number of nitrogens with zero attached hydrogens (tertiary/aromatic N) is 2. The molecule has 6 nitrogen and oxygen atoms in total. The highest BCUT2D eigenvalue weighted by Gasteiger charge is 2.33. The predicted octanol–water partition coefficient (Wildman–Crippen LogP) is 1.85. The third-order valence-corrected chi connectivity index (χ3v) is 4.23. The fourth-order valence-electron chi connectivity index (χ4n) is 2.99. The van der Waals surface area contributed by atoms with Gasteiger partial charge in [0, 0.05) is 23.9 Å². The van der Waals surface area contributed by atoms with Crippen LogP contribution in [0.1, 0.15) is 23.2 Å². The third kappa shape index (κ3) is 3.08. The van der Waals surface area contributed by atoms with Crippen molar-refractivity contribution < 1.29 is 14.3 Å². The Hall–Kier alpha value is -2.89. The normalized spacial score (nSPS) is 16.9. The van der Waals surface area contributed by atoms with E-state index in [-0.39, 0.29) is 5.91 Å². The number of ether oxygens (including phenoxy) is 1. The molecule has 2 heterocycles. The van der Waals surface area contributed by atoms with Gasteiger partial charge in [-0.2, -0.15) is 0 Å². The Morgan fingerprint density at radius 3 is 2.83 bits per heavy atom. The number of hydrogen-bond donors (Lipinski definition) is 1. The molecular weight excluding hydrogens is 306 g/mol. The number of rotatable bonds is 4. The van der Waals surface area contributed by atoms with Crippen molar-refractivity contribution >= 4 is 11.8 Å². The van der Waals surface area contributed by atoms with Gasteiger partial charge in [-0.15, -0.1) is 0 Å². The number of carbonyl (C=O) groups excluding carboxylic acids is 2. The highest BCUT2D eigenvalue weighted by molar-refractivity contribution is 5.98. The lowest BCUT2D eigenvalue weighted by Gasteiger charge is -2.22. The fraction of sp³-hybridized carbons (Fsp3) is 0.278. The van der Waals surface area contributed by atoms with E-state index in [1.54, 1.807) is 36.5 Å². The summed E-state index contributed by atoms with van der Waals surface area (Å²) in [6.45, 7) is 0.553. The Bertz CT molecular complexity index is 776. The van der Waals surface area contributed by atoms with E-state index < -0.39 is 11.9 Å². The molecule has 1 aromatic carbocycles. The van der Waals surface area contributed by atoms with Crippen molar-refractivity contribution in [3.63, 3.8) is 0 Å². The molecule has 1 fully saturated rings. The lowest BCUT2D eigenvalue weighted by Crippen LogP contribution is -2.43. The largest absolute Gasteiger partial charge is 0.495 e. The molecule has 1 aromatic heterocycles. The van der Waals surface area contributed by atoms with Crippen LogP contribution in [-0.4, -0.2) is 41.4 Å². The van der Waals surface area contributed by atoms with Crippen LogP contribution in [0.5, 0.6) is 5.75 Å². The summed E-state index contributed by atoms with van der Waals surface area (Å²) in [4.78, 5) is 30.0. The molecule has 0 radical (unpaired) electrons. The van der Waals surface area contributed by atoms with E-state index in [4.69, 9.17) is 10.5 Å². The Labute approximate surface area is 140 Å². The van der Waals surface area contributed by atoms with E-state index in [9.17, 15) is 9.59 Å². The minimum absolute atomic E-state index is 0.172. The van der Waals surface area contributed by atoms with Gasteiger partial charge in [0.25, 0.3) is 5.91 Å². The molecule has 0 aliphatic carbocycles. The molecule has 0 bridgehead atoms. The minimum Gasteiger partial charge on any atom is -0.495 e. The second kappa shape index (κ2) is 6.70. The number of carbonyl (C=O) groups is 2. The van der Waals surface area contributed by atoms with Crippen molar-refractivity contribution in [3.8, 4) is 16.9 Å². The zero-order valence-electron chi connectivity index (χ0n) is 13.4. The minimum atomic E-state index is -0.514. The molecule has 6 heteroatoms. The summed E-state index contributed by atoms with van der Waals surface area (Å²) < 4.78 is 5.19. The standard InChI is InChI=1S/C18H19N3O3/c1-24-15-9-14(10-20-11-15)12-4-2-5-13(8-12)18(23)21-7-3-6-16(21)17(19)22/h2,4-5,8-11,16H,3,6-7H2,1H3,(H2,19,22)/t16-/m0/s1. The molecule has 124 valence electrons. The van der Waals surface area contributed by atoms with Crippen LogP contribution < -0.4 is 10.5 Å². The summed E-state index contributed by atoms with van der Waals surface area (Å²) in [5, 5.41) is 0. The fourth-order valence-corrected chi connectivity index (χ4v) is 2.99. The molecule has 0 spiro atoms. The van der Waals surface area contributed by atoms with Crippen LogP contribution in [0, 0.1) is 0 Å². The van der Waals surface area contributed by atoms with Gasteiger partial charge < -0.3 is 15.4 Å². The Morgan fingerprint density at radius 2 is 2.08 bits per heavy atom. The maximum absolute atomic E-state index is 12.7. The molecule has 1 aliphatic rings. The Kier molecular flexibility index (Phi) is 4.46. The van der Waals surface area contributed by atoms with E-state index >= 15 is 0 Å². The monoisotopic (exact) mass is 325 g/mol. The van der Waals surface area contributed by atoms with Crippen LogP contribution in [0.2, 0.25) is 0 Å². The highest BCUT2D eigenvalue weighted by atomic mass is 16.5. The van der Waals surface area contributed by atoms with Crippen molar-refractivity contribution in [1.82, 2.24) is 9.88 Å². The molecule has 1 saturated heterocycles. The first-order valence-electron chi connectivity index (χ1n) is 7.80. The molecule has 2 amide bonds. The number of pyridine rings is 1. The van der Waals surface area contributed by atoms with Gasteiger partial charge in [-0.05, 0) is 36.6 Å². The molecule has 1 aliphatic heterocycles. The highest BCUT2D eigenvalue weighted by Crippen LogP contribution is 2.25. The van der Waals surface area contributed by atoms with E-state index in [0.717, 1.165) is 17.5 Å². The molecule has 3 rings (SSSR count). The van der Waals surface area contributed by atoms with E-state index in [0.29, 0.717) is 24.3 Å². The van der Waals surface area contributed by atoms with Crippen LogP contribution in [0.15, 0.2) is 42.7 Å².